The van der Waals surface area contributed by atoms with E-state index in [1.807, 2.05) is 6.08 Å². The molecule has 11 nitrogen and oxygen atoms in total. The zero-order valence-electron chi connectivity index (χ0n) is 34.4. The number of phosphoric acid groups is 1. The third-order valence-electron chi connectivity index (χ3n) is 8.89. The number of ether oxygens (including phenoxy) is 2. The molecule has 0 aliphatic heterocycles. The highest BCUT2D eigenvalue weighted by Crippen LogP contribution is 2.43. The molecule has 5 N–H and O–H groups in total. The van der Waals surface area contributed by atoms with Gasteiger partial charge in [0.1, 0.15) is 6.61 Å². The summed E-state index contributed by atoms with van der Waals surface area (Å²) in [5.41, 5.74) is 5.33. The van der Waals surface area contributed by atoms with Crippen molar-refractivity contribution in [1.82, 2.24) is 0 Å². The number of hydrogen-bond acceptors (Lipinski definition) is 10. The average molecular weight is 800 g/mol. The minimum Gasteiger partial charge on any atom is -0.462 e. The van der Waals surface area contributed by atoms with Gasteiger partial charge in [-0.05, 0) is 77.0 Å². The van der Waals surface area contributed by atoms with Crippen LogP contribution < -0.4 is 5.73 Å². The van der Waals surface area contributed by atoms with Crippen LogP contribution in [-0.2, 0) is 32.7 Å². The zero-order valence-corrected chi connectivity index (χ0v) is 35.3. The summed E-state index contributed by atoms with van der Waals surface area (Å²) < 4.78 is 32.6. The van der Waals surface area contributed by atoms with Gasteiger partial charge in [-0.3, -0.25) is 18.6 Å². The van der Waals surface area contributed by atoms with Gasteiger partial charge in [-0.15, -0.1) is 0 Å². The van der Waals surface area contributed by atoms with Crippen LogP contribution in [0.2, 0.25) is 0 Å². The molecule has 320 valence electrons. The normalized spacial score (nSPS) is 14.9. The molecule has 0 aliphatic rings. The van der Waals surface area contributed by atoms with Crippen molar-refractivity contribution in [3.63, 3.8) is 0 Å². The fourth-order valence-corrected chi connectivity index (χ4v) is 6.31. The van der Waals surface area contributed by atoms with Crippen LogP contribution in [-0.4, -0.2) is 71.7 Å². The Balaban J connectivity index is 4.34. The molecule has 0 aromatic carbocycles. The Morgan fingerprint density at radius 1 is 0.618 bits per heavy atom. The molecule has 0 saturated heterocycles. The molecule has 0 spiro atoms. The molecular weight excluding hydrogens is 721 g/mol. The van der Waals surface area contributed by atoms with Gasteiger partial charge >= 0.3 is 19.8 Å². The topological polar surface area (TPSA) is 175 Å². The van der Waals surface area contributed by atoms with Gasteiger partial charge in [0, 0.05) is 19.4 Å². The first-order valence-corrected chi connectivity index (χ1v) is 22.8. The van der Waals surface area contributed by atoms with Gasteiger partial charge in [0.25, 0.3) is 0 Å². The lowest BCUT2D eigenvalue weighted by molar-refractivity contribution is -0.161. The van der Waals surface area contributed by atoms with Crippen LogP contribution in [0.15, 0.2) is 48.6 Å². The summed E-state index contributed by atoms with van der Waals surface area (Å²) in [6.07, 6.45) is 35.9. The SMILES string of the molecule is CCCCC/C=C\C/C=C\C/C=C\CCCCCCC(=O)O[C@H](COC(=O)CCCCCCC[C@@H](O)[C@H](O)C/C=C\CCCCC)COP(=O)(O)OCCN. The van der Waals surface area contributed by atoms with Gasteiger partial charge < -0.3 is 30.3 Å². The Morgan fingerprint density at radius 2 is 1.13 bits per heavy atom. The number of aliphatic hydroxyl groups is 2. The molecule has 55 heavy (non-hydrogen) atoms. The molecule has 0 amide bonds. The summed E-state index contributed by atoms with van der Waals surface area (Å²) in [6.45, 7) is 3.43. The molecular formula is C43H78NO10P. The standard InChI is InChI=1S/C43H78NO10P/c1-3-5-7-9-11-12-13-14-15-16-17-18-19-20-21-25-30-34-43(48)54-39(38-53-55(49,50)52-36-35-44)37-51-42(47)33-29-26-22-24-28-32-41(46)40(45)31-27-23-10-8-6-4-2/h11-12,14-15,17-18,23,27,39-41,45-46H,3-10,13,16,19-22,24-26,28-38,44H2,1-2H3,(H,49,50)/b12-11-,15-14-,18-17-,27-23-/t39-,40-,41-/m1/s1. The summed E-state index contributed by atoms with van der Waals surface area (Å²) in [7, 11) is -4.42. The molecule has 4 atom stereocenters. The second-order valence-electron chi connectivity index (χ2n) is 14.2. The highest BCUT2D eigenvalue weighted by Gasteiger charge is 2.26. The molecule has 1 unspecified atom stereocenters. The van der Waals surface area contributed by atoms with Crippen LogP contribution in [0, 0.1) is 0 Å². The Labute approximate surface area is 333 Å². The lowest BCUT2D eigenvalue weighted by Crippen LogP contribution is -2.29. The van der Waals surface area contributed by atoms with E-state index in [9.17, 15) is 29.3 Å². The fourth-order valence-electron chi connectivity index (χ4n) is 5.55. The van der Waals surface area contributed by atoms with E-state index >= 15 is 0 Å². The second-order valence-corrected chi connectivity index (χ2v) is 15.6. The molecule has 12 heteroatoms. The third kappa shape index (κ3) is 37.2. The van der Waals surface area contributed by atoms with Crippen molar-refractivity contribution in [1.29, 1.82) is 0 Å². The Bertz CT molecular complexity index is 1080. The van der Waals surface area contributed by atoms with Crippen LogP contribution in [0.4, 0.5) is 0 Å². The summed E-state index contributed by atoms with van der Waals surface area (Å²) in [5.74, 6) is -0.969. The van der Waals surface area contributed by atoms with Crippen molar-refractivity contribution in [3.8, 4) is 0 Å². The Kier molecular flexibility index (Phi) is 37.3. The van der Waals surface area contributed by atoms with Crippen LogP contribution >= 0.6 is 7.82 Å². The maximum atomic E-state index is 12.6. The number of carbonyl (C=O) groups is 2. The van der Waals surface area contributed by atoms with E-state index in [1.54, 1.807) is 0 Å². The molecule has 0 aromatic heterocycles. The van der Waals surface area contributed by atoms with Crippen LogP contribution in [0.3, 0.4) is 0 Å². The molecule has 0 rings (SSSR count). The van der Waals surface area contributed by atoms with Crippen molar-refractivity contribution in [2.45, 2.75) is 186 Å². The van der Waals surface area contributed by atoms with Crippen LogP contribution in [0.1, 0.15) is 168 Å². The van der Waals surface area contributed by atoms with E-state index in [0.29, 0.717) is 25.7 Å². The van der Waals surface area contributed by atoms with Crippen LogP contribution in [0.25, 0.3) is 0 Å². The molecule has 0 saturated carbocycles. The van der Waals surface area contributed by atoms with Crippen molar-refractivity contribution in [2.24, 2.45) is 5.73 Å². The van der Waals surface area contributed by atoms with Gasteiger partial charge in [0.15, 0.2) is 6.10 Å². The molecule has 0 bridgehead atoms. The number of unbranched alkanes of at least 4 members (excludes halogenated alkanes) is 14. The first-order chi connectivity index (χ1) is 26.6. The number of phosphoric ester groups is 1. The molecule has 0 heterocycles. The minimum absolute atomic E-state index is 0.0249. The molecule has 0 fully saturated rings. The van der Waals surface area contributed by atoms with E-state index in [4.69, 9.17) is 24.3 Å². The molecule has 0 aliphatic carbocycles. The van der Waals surface area contributed by atoms with E-state index in [0.717, 1.165) is 77.0 Å². The highest BCUT2D eigenvalue weighted by atomic mass is 31.2. The van der Waals surface area contributed by atoms with E-state index in [2.05, 4.69) is 56.4 Å². The number of rotatable bonds is 39. The van der Waals surface area contributed by atoms with E-state index < -0.39 is 44.7 Å². The van der Waals surface area contributed by atoms with Crippen molar-refractivity contribution in [2.75, 3.05) is 26.4 Å². The van der Waals surface area contributed by atoms with E-state index in [1.165, 1.54) is 38.5 Å². The second kappa shape index (κ2) is 38.7. The summed E-state index contributed by atoms with van der Waals surface area (Å²) in [5, 5.41) is 20.4. The van der Waals surface area contributed by atoms with Gasteiger partial charge in [-0.2, -0.15) is 0 Å². The summed E-state index contributed by atoms with van der Waals surface area (Å²) in [4.78, 5) is 34.9. The molecule has 0 aromatic rings. The van der Waals surface area contributed by atoms with E-state index in [-0.39, 0.29) is 32.6 Å². The maximum Gasteiger partial charge on any atom is 0.472 e. The zero-order chi connectivity index (χ0) is 40.7. The summed E-state index contributed by atoms with van der Waals surface area (Å²) in [6, 6.07) is 0. The monoisotopic (exact) mass is 800 g/mol. The molecule has 0 radical (unpaired) electrons. The number of esters is 2. The number of carbonyl (C=O) groups excluding carboxylic acids is 2. The number of hydrogen-bond donors (Lipinski definition) is 4. The van der Waals surface area contributed by atoms with Gasteiger partial charge in [-0.25, -0.2) is 4.57 Å². The lowest BCUT2D eigenvalue weighted by atomic mass is 10.0. The summed E-state index contributed by atoms with van der Waals surface area (Å²) >= 11 is 0. The first kappa shape index (κ1) is 52.9. The number of allylic oxidation sites excluding steroid dienone is 7. The number of nitrogens with two attached hydrogens (primary N) is 1. The van der Waals surface area contributed by atoms with Gasteiger partial charge in [0.2, 0.25) is 0 Å². The average Bonchev–Trinajstić information content (AvgIpc) is 3.17. The van der Waals surface area contributed by atoms with Gasteiger partial charge in [0.05, 0.1) is 25.4 Å². The van der Waals surface area contributed by atoms with Crippen molar-refractivity contribution in [3.05, 3.63) is 48.6 Å². The fraction of sp³-hybridized carbons (Fsp3) is 0.767. The first-order valence-electron chi connectivity index (χ1n) is 21.3. The largest absolute Gasteiger partial charge is 0.472 e. The smallest absolute Gasteiger partial charge is 0.462 e. The number of aliphatic hydroxyl groups excluding tert-OH is 2. The Morgan fingerprint density at radius 3 is 1.73 bits per heavy atom. The predicted molar refractivity (Wildman–Crippen MR) is 222 cm³/mol. The van der Waals surface area contributed by atoms with Crippen LogP contribution in [0.5, 0.6) is 0 Å². The predicted octanol–water partition coefficient (Wildman–Crippen LogP) is 9.88. The Hall–Kier alpha value is -2.11. The highest BCUT2D eigenvalue weighted by molar-refractivity contribution is 7.47. The van der Waals surface area contributed by atoms with Crippen molar-refractivity contribution >= 4 is 19.8 Å². The maximum absolute atomic E-state index is 12.6. The van der Waals surface area contributed by atoms with Gasteiger partial charge in [-0.1, -0.05) is 127 Å². The lowest BCUT2D eigenvalue weighted by Gasteiger charge is -2.20. The minimum atomic E-state index is -4.42. The van der Waals surface area contributed by atoms with Crippen molar-refractivity contribution < 1.29 is 47.8 Å². The quantitative estimate of drug-likeness (QED) is 0.0202. The third-order valence-corrected chi connectivity index (χ3v) is 9.87.